The van der Waals surface area contributed by atoms with Crippen LogP contribution in [0.2, 0.25) is 0 Å². The van der Waals surface area contributed by atoms with Gasteiger partial charge in [-0.2, -0.15) is 0 Å². The molecular weight excluding hydrogens is 553 g/mol. The molecule has 0 aromatic carbocycles. The molecule has 1 aliphatic rings. The summed E-state index contributed by atoms with van der Waals surface area (Å²) in [6.07, 6.45) is -5.45. The molecule has 0 radical (unpaired) electrons. The van der Waals surface area contributed by atoms with Gasteiger partial charge in [0.2, 0.25) is 0 Å². The quantitative estimate of drug-likeness (QED) is 0.146. The van der Waals surface area contributed by atoms with Crippen molar-refractivity contribution in [3.63, 3.8) is 0 Å². The standard InChI is InChI=1S/C10H16N5O13P3.K.Na/c11-8-5-9(13-2-12-8)15(3-14-5)10-7(28-31(22,23)24)6(27-30(19,20)21)4(26-10)1-25-29(16,17)18;;/h2-4,6-7,10H,1H2,(H2,11,12,13)(H2,16,17,18)(H2,19,20,21)(H2,22,23,24);;/q;2*+1/p-2/t4-,6-,7-,10-;;/m1../s1. The summed E-state index contributed by atoms with van der Waals surface area (Å²) >= 11 is 0. The van der Waals surface area contributed by atoms with Crippen LogP contribution in [0.5, 0.6) is 0 Å². The Hall–Kier alpha value is 1.28. The van der Waals surface area contributed by atoms with E-state index in [1.165, 1.54) is 0 Å². The first-order chi connectivity index (χ1) is 14.1. The van der Waals surface area contributed by atoms with Gasteiger partial charge in [-0.1, -0.05) is 0 Å². The minimum atomic E-state index is -5.80. The molecule has 0 bridgehead atoms. The molecule has 33 heavy (non-hydrogen) atoms. The van der Waals surface area contributed by atoms with Crippen LogP contribution in [-0.4, -0.2) is 64.0 Å². The van der Waals surface area contributed by atoms with Crippen LogP contribution in [0.3, 0.4) is 0 Å². The number of anilines is 1. The summed E-state index contributed by atoms with van der Waals surface area (Å²) in [7, 11) is -16.2. The summed E-state index contributed by atoms with van der Waals surface area (Å²) in [6.45, 7) is -1.03. The molecule has 0 spiro atoms. The molecule has 23 heteroatoms. The number of nitrogens with two attached hydrogens (primary N) is 1. The van der Waals surface area contributed by atoms with Gasteiger partial charge in [0, 0.05) is 0 Å². The Morgan fingerprint density at radius 2 is 1.70 bits per heavy atom. The number of phosphoric ester groups is 3. The van der Waals surface area contributed by atoms with Gasteiger partial charge in [-0.15, -0.1) is 0 Å². The van der Waals surface area contributed by atoms with Crippen LogP contribution in [0, 0.1) is 0 Å². The molecule has 6 N–H and O–H groups in total. The zero-order valence-corrected chi connectivity index (χ0v) is 24.6. The van der Waals surface area contributed by atoms with Gasteiger partial charge in [-0.05, 0) is 0 Å². The van der Waals surface area contributed by atoms with Gasteiger partial charge < -0.3 is 48.9 Å². The van der Waals surface area contributed by atoms with E-state index in [4.69, 9.17) is 30.0 Å². The molecule has 174 valence electrons. The Labute approximate surface area is 249 Å². The monoisotopic (exact) mass is 567 g/mol. The number of nitrogen functional groups attached to an aromatic ring is 1. The maximum Gasteiger partial charge on any atom is 1.00 e. The molecule has 4 atom stereocenters. The fourth-order valence-electron chi connectivity index (χ4n) is 2.84. The largest absolute Gasteiger partial charge is 1.00 e. The van der Waals surface area contributed by atoms with Crippen molar-refractivity contribution >= 4 is 40.4 Å². The first-order valence-electron chi connectivity index (χ1n) is 7.87. The van der Waals surface area contributed by atoms with Crippen molar-refractivity contribution < 1.29 is 142 Å². The van der Waals surface area contributed by atoms with Crippen LogP contribution >= 0.6 is 23.5 Å². The average molecular weight is 567 g/mol. The Morgan fingerprint density at radius 1 is 1.06 bits per heavy atom. The topological polar surface area (TPSA) is 285 Å². The Bertz CT molecular complexity index is 1110. The third-order valence-corrected chi connectivity index (χ3v) is 5.37. The van der Waals surface area contributed by atoms with Crippen molar-refractivity contribution in [3.8, 4) is 0 Å². The van der Waals surface area contributed by atoms with Gasteiger partial charge in [0.1, 0.15) is 30.2 Å². The zero-order valence-electron chi connectivity index (χ0n) is 16.8. The van der Waals surface area contributed by atoms with E-state index in [0.29, 0.717) is 0 Å². The molecule has 3 heterocycles. The second-order valence-electron chi connectivity index (χ2n) is 6.01. The molecule has 18 nitrogen and oxygen atoms in total. The third-order valence-electron chi connectivity index (χ3n) is 3.86. The van der Waals surface area contributed by atoms with Crippen molar-refractivity contribution in [2.75, 3.05) is 12.3 Å². The van der Waals surface area contributed by atoms with Gasteiger partial charge >= 0.3 is 96.6 Å². The van der Waals surface area contributed by atoms with Crippen LogP contribution in [0.15, 0.2) is 12.7 Å². The fraction of sp³-hybridized carbons (Fsp3) is 0.500. The molecule has 3 rings (SSSR count). The van der Waals surface area contributed by atoms with E-state index in [9.17, 15) is 23.5 Å². The van der Waals surface area contributed by atoms with Gasteiger partial charge in [0.25, 0.3) is 0 Å². The summed E-state index contributed by atoms with van der Waals surface area (Å²) in [5.41, 5.74) is 5.64. The molecule has 2 aromatic heterocycles. The van der Waals surface area contributed by atoms with Gasteiger partial charge in [0.15, 0.2) is 17.7 Å². The number of rotatable bonds is 8. The molecule has 0 amide bonds. The van der Waals surface area contributed by atoms with Crippen molar-refractivity contribution in [2.24, 2.45) is 0 Å². The molecule has 1 fully saturated rings. The molecule has 0 unspecified atom stereocenters. The second-order valence-corrected chi connectivity index (χ2v) is 9.55. The summed E-state index contributed by atoms with van der Waals surface area (Å²) in [5, 5.41) is 0. The number of nitrogens with zero attached hydrogens (tertiary/aromatic N) is 4. The first kappa shape index (κ1) is 32.3. The summed E-state index contributed by atoms with van der Waals surface area (Å²) < 4.78 is 53.3. The molecule has 0 saturated carbocycles. The first-order valence-corrected chi connectivity index (χ1v) is 12.4. The Balaban J connectivity index is 0.00000272. The fourth-order valence-corrected chi connectivity index (χ4v) is 4.28. The van der Waals surface area contributed by atoms with E-state index in [-0.39, 0.29) is 97.9 Å². The van der Waals surface area contributed by atoms with E-state index in [0.717, 1.165) is 17.2 Å². The van der Waals surface area contributed by atoms with E-state index in [2.05, 4.69) is 28.5 Å². The minimum Gasteiger partial charge on any atom is -0.790 e. The number of fused-ring (bicyclic) bond motifs is 1. The van der Waals surface area contributed by atoms with Gasteiger partial charge in [-0.3, -0.25) is 13.6 Å². The molecule has 1 saturated heterocycles. The zero-order chi connectivity index (χ0) is 23.2. The predicted molar refractivity (Wildman–Crippen MR) is 91.0 cm³/mol. The van der Waals surface area contributed by atoms with Crippen LogP contribution in [0.25, 0.3) is 11.2 Å². The van der Waals surface area contributed by atoms with Crippen LogP contribution in [0.1, 0.15) is 6.23 Å². The normalized spacial score (nSPS) is 23.8. The van der Waals surface area contributed by atoms with Crippen molar-refractivity contribution in [3.05, 3.63) is 12.7 Å². The summed E-state index contributed by atoms with van der Waals surface area (Å²) in [6, 6.07) is 0. The van der Waals surface area contributed by atoms with E-state index in [1.54, 1.807) is 0 Å². The van der Waals surface area contributed by atoms with Crippen LogP contribution in [-0.2, 0) is 32.0 Å². The SMILES string of the molecule is Nc1ncnc2c1ncn2[C@@H]1O[C@H](COP(=O)(O)O)[C@@H](OP(=O)(O)O)[C@H]1OP(=O)([O-])[O-].[K+].[Na+]. The molecule has 1 aliphatic heterocycles. The van der Waals surface area contributed by atoms with Crippen molar-refractivity contribution in [1.29, 1.82) is 0 Å². The maximum absolute atomic E-state index is 11.4. The van der Waals surface area contributed by atoms with E-state index < -0.39 is 54.6 Å². The van der Waals surface area contributed by atoms with Crippen LogP contribution < -0.4 is 96.5 Å². The number of hydrogen-bond acceptors (Lipinski definition) is 13. The number of aromatic nitrogens is 4. The summed E-state index contributed by atoms with van der Waals surface area (Å²) in [4.78, 5) is 70.1. The Morgan fingerprint density at radius 3 is 2.24 bits per heavy atom. The predicted octanol–water partition coefficient (Wildman–Crippen LogP) is -8.89. The average Bonchev–Trinajstić information content (AvgIpc) is 3.13. The number of imidazole rings is 1. The maximum atomic E-state index is 11.4. The Kier molecular flexibility index (Phi) is 12.0. The number of phosphoric acid groups is 3. The molecular formula is C10H14KN5NaO13P3. The minimum absolute atomic E-state index is 0. The van der Waals surface area contributed by atoms with Gasteiger partial charge in [0.05, 0.1) is 20.8 Å². The van der Waals surface area contributed by atoms with Crippen molar-refractivity contribution in [2.45, 2.75) is 24.5 Å². The van der Waals surface area contributed by atoms with E-state index >= 15 is 0 Å². The van der Waals surface area contributed by atoms with Gasteiger partial charge in [-0.25, -0.2) is 24.1 Å². The number of hydrogen-bond donors (Lipinski definition) is 5. The smallest absolute Gasteiger partial charge is 0.790 e. The van der Waals surface area contributed by atoms with E-state index in [1.807, 2.05) is 0 Å². The van der Waals surface area contributed by atoms with Crippen LogP contribution in [0.4, 0.5) is 5.82 Å². The second kappa shape index (κ2) is 12.2. The molecule has 2 aromatic rings. The summed E-state index contributed by atoms with van der Waals surface area (Å²) in [5.74, 6) is -0.0815. The number of ether oxygens (including phenoxy) is 1. The molecule has 0 aliphatic carbocycles. The third kappa shape index (κ3) is 8.96. The van der Waals surface area contributed by atoms with Crippen molar-refractivity contribution in [1.82, 2.24) is 19.5 Å².